The van der Waals surface area contributed by atoms with Crippen LogP contribution in [-0.4, -0.2) is 17.6 Å². The van der Waals surface area contributed by atoms with Crippen molar-refractivity contribution in [3.05, 3.63) is 11.1 Å². The third-order valence-corrected chi connectivity index (χ3v) is 2.49. The lowest BCUT2D eigenvalue weighted by Crippen LogP contribution is -2.35. The van der Waals surface area contributed by atoms with Crippen LogP contribution < -0.4 is 10.6 Å². The zero-order valence-electron chi connectivity index (χ0n) is 9.55. The standard InChI is InChI=1S/C10H17N3OS/c1-7-5-15-9(12-7)13-8(14)11-6-10(2,3)4/h5H,6H2,1-4H3,(H2,11,12,13,14). The Labute approximate surface area is 94.1 Å². The molecule has 1 rings (SSSR count). The number of aromatic nitrogens is 1. The van der Waals surface area contributed by atoms with Crippen molar-refractivity contribution in [3.8, 4) is 0 Å². The van der Waals surface area contributed by atoms with Crippen LogP contribution in [0, 0.1) is 12.3 Å². The molecule has 0 radical (unpaired) electrons. The summed E-state index contributed by atoms with van der Waals surface area (Å²) < 4.78 is 0. The average molecular weight is 227 g/mol. The molecule has 0 unspecified atom stereocenters. The number of anilines is 1. The number of aryl methyl sites for hydroxylation is 1. The maximum Gasteiger partial charge on any atom is 0.321 e. The zero-order chi connectivity index (χ0) is 11.5. The Kier molecular flexibility index (Phi) is 3.68. The molecular weight excluding hydrogens is 210 g/mol. The summed E-state index contributed by atoms with van der Waals surface area (Å²) in [5, 5.41) is 8.03. The number of hydrogen-bond donors (Lipinski definition) is 2. The van der Waals surface area contributed by atoms with Crippen molar-refractivity contribution in [1.82, 2.24) is 10.3 Å². The van der Waals surface area contributed by atoms with E-state index in [1.165, 1.54) is 11.3 Å². The Hall–Kier alpha value is -1.10. The molecular formula is C10H17N3OS. The van der Waals surface area contributed by atoms with Gasteiger partial charge >= 0.3 is 6.03 Å². The SMILES string of the molecule is Cc1csc(NC(=O)NCC(C)(C)C)n1. The molecule has 0 aliphatic carbocycles. The molecule has 0 spiro atoms. The molecule has 0 aliphatic rings. The fraction of sp³-hybridized carbons (Fsp3) is 0.600. The number of urea groups is 1. The Morgan fingerprint density at radius 2 is 2.20 bits per heavy atom. The third-order valence-electron chi connectivity index (χ3n) is 1.62. The minimum absolute atomic E-state index is 0.0934. The number of amides is 2. The van der Waals surface area contributed by atoms with E-state index in [4.69, 9.17) is 0 Å². The van der Waals surface area contributed by atoms with E-state index in [1.54, 1.807) is 0 Å². The Morgan fingerprint density at radius 3 is 2.67 bits per heavy atom. The molecule has 0 saturated heterocycles. The summed E-state index contributed by atoms with van der Waals surface area (Å²) in [5.41, 5.74) is 1.02. The summed E-state index contributed by atoms with van der Waals surface area (Å²) in [4.78, 5) is 15.6. The average Bonchev–Trinajstić information content (AvgIpc) is 2.47. The molecule has 2 N–H and O–H groups in total. The second-order valence-electron chi connectivity index (χ2n) is 4.66. The van der Waals surface area contributed by atoms with Crippen molar-refractivity contribution in [2.45, 2.75) is 27.7 Å². The van der Waals surface area contributed by atoms with E-state index >= 15 is 0 Å². The summed E-state index contributed by atoms with van der Waals surface area (Å²) in [6, 6.07) is -0.195. The van der Waals surface area contributed by atoms with Crippen LogP contribution in [0.15, 0.2) is 5.38 Å². The predicted molar refractivity (Wildman–Crippen MR) is 63.3 cm³/mol. The van der Waals surface area contributed by atoms with Crippen LogP contribution in [-0.2, 0) is 0 Å². The minimum Gasteiger partial charge on any atom is -0.337 e. The number of hydrogen-bond acceptors (Lipinski definition) is 3. The molecule has 0 fully saturated rings. The van der Waals surface area contributed by atoms with E-state index in [1.807, 2.05) is 12.3 Å². The van der Waals surface area contributed by atoms with Crippen molar-refractivity contribution in [3.63, 3.8) is 0 Å². The van der Waals surface area contributed by atoms with Crippen LogP contribution in [0.5, 0.6) is 0 Å². The smallest absolute Gasteiger partial charge is 0.321 e. The van der Waals surface area contributed by atoms with Gasteiger partial charge in [-0.1, -0.05) is 20.8 Å². The quantitative estimate of drug-likeness (QED) is 0.816. The van der Waals surface area contributed by atoms with Gasteiger partial charge in [0.1, 0.15) is 0 Å². The predicted octanol–water partition coefficient (Wildman–Crippen LogP) is 2.62. The van der Waals surface area contributed by atoms with Gasteiger partial charge in [0.05, 0.1) is 5.69 Å². The molecule has 1 heterocycles. The number of nitrogens with one attached hydrogen (secondary N) is 2. The lowest BCUT2D eigenvalue weighted by molar-refractivity contribution is 0.247. The fourth-order valence-corrected chi connectivity index (χ4v) is 1.58. The lowest BCUT2D eigenvalue weighted by Gasteiger charge is -2.18. The molecule has 15 heavy (non-hydrogen) atoms. The molecule has 0 aliphatic heterocycles. The largest absolute Gasteiger partial charge is 0.337 e. The first-order valence-corrected chi connectivity index (χ1v) is 5.72. The first-order valence-electron chi connectivity index (χ1n) is 4.84. The van der Waals surface area contributed by atoms with Gasteiger partial charge in [0.2, 0.25) is 0 Å². The van der Waals surface area contributed by atoms with E-state index in [0.29, 0.717) is 11.7 Å². The number of carbonyl (C=O) groups excluding carboxylic acids is 1. The Bertz CT molecular complexity index is 341. The maximum absolute atomic E-state index is 11.4. The van der Waals surface area contributed by atoms with E-state index in [-0.39, 0.29) is 11.4 Å². The molecule has 4 nitrogen and oxygen atoms in total. The van der Waals surface area contributed by atoms with Crippen molar-refractivity contribution >= 4 is 22.5 Å². The lowest BCUT2D eigenvalue weighted by atomic mass is 9.97. The summed E-state index contributed by atoms with van der Waals surface area (Å²) in [6.07, 6.45) is 0. The molecule has 0 aromatic carbocycles. The van der Waals surface area contributed by atoms with E-state index in [2.05, 4.69) is 36.4 Å². The maximum atomic E-state index is 11.4. The van der Waals surface area contributed by atoms with Gasteiger partial charge in [-0.3, -0.25) is 5.32 Å². The van der Waals surface area contributed by atoms with E-state index in [9.17, 15) is 4.79 Å². The molecule has 0 atom stereocenters. The van der Waals surface area contributed by atoms with Gasteiger partial charge in [0.25, 0.3) is 0 Å². The van der Waals surface area contributed by atoms with Crippen LogP contribution in [0.1, 0.15) is 26.5 Å². The summed E-state index contributed by atoms with van der Waals surface area (Å²) in [7, 11) is 0. The van der Waals surface area contributed by atoms with Gasteiger partial charge in [0.15, 0.2) is 5.13 Å². The van der Waals surface area contributed by atoms with Gasteiger partial charge in [0, 0.05) is 11.9 Å². The fourth-order valence-electron chi connectivity index (χ4n) is 0.898. The molecule has 84 valence electrons. The zero-order valence-corrected chi connectivity index (χ0v) is 10.4. The molecule has 0 saturated carbocycles. The highest BCUT2D eigenvalue weighted by atomic mass is 32.1. The summed E-state index contributed by atoms with van der Waals surface area (Å²) in [5.74, 6) is 0. The van der Waals surface area contributed by atoms with Gasteiger partial charge in [-0.2, -0.15) is 0 Å². The van der Waals surface area contributed by atoms with E-state index in [0.717, 1.165) is 5.69 Å². The van der Waals surface area contributed by atoms with Crippen molar-refractivity contribution in [2.75, 3.05) is 11.9 Å². The van der Waals surface area contributed by atoms with Crippen molar-refractivity contribution < 1.29 is 4.79 Å². The highest BCUT2D eigenvalue weighted by molar-refractivity contribution is 7.13. The van der Waals surface area contributed by atoms with Gasteiger partial charge in [-0.25, -0.2) is 9.78 Å². The van der Waals surface area contributed by atoms with Crippen LogP contribution in [0.4, 0.5) is 9.93 Å². The molecule has 5 heteroatoms. The first-order chi connectivity index (χ1) is 6.87. The number of thiazole rings is 1. The highest BCUT2D eigenvalue weighted by Crippen LogP contribution is 2.14. The van der Waals surface area contributed by atoms with Gasteiger partial charge in [-0.15, -0.1) is 11.3 Å². The topological polar surface area (TPSA) is 54.0 Å². The molecule has 1 aromatic rings. The summed E-state index contributed by atoms with van der Waals surface area (Å²) >= 11 is 1.43. The first kappa shape index (κ1) is 12.0. The van der Waals surface area contributed by atoms with Crippen LogP contribution >= 0.6 is 11.3 Å². The number of carbonyl (C=O) groups is 1. The van der Waals surface area contributed by atoms with Crippen LogP contribution in [0.3, 0.4) is 0 Å². The van der Waals surface area contributed by atoms with Crippen LogP contribution in [0.25, 0.3) is 0 Å². The number of nitrogens with zero attached hydrogens (tertiary/aromatic N) is 1. The van der Waals surface area contributed by atoms with Crippen LogP contribution in [0.2, 0.25) is 0 Å². The summed E-state index contributed by atoms with van der Waals surface area (Å²) in [6.45, 7) is 8.75. The second-order valence-corrected chi connectivity index (χ2v) is 5.52. The van der Waals surface area contributed by atoms with Gasteiger partial charge in [-0.05, 0) is 12.3 Å². The third kappa shape index (κ3) is 4.78. The van der Waals surface area contributed by atoms with Gasteiger partial charge < -0.3 is 5.32 Å². The van der Waals surface area contributed by atoms with Crippen molar-refractivity contribution in [2.24, 2.45) is 5.41 Å². The second kappa shape index (κ2) is 4.61. The Morgan fingerprint density at radius 1 is 1.53 bits per heavy atom. The van der Waals surface area contributed by atoms with E-state index < -0.39 is 0 Å². The highest BCUT2D eigenvalue weighted by Gasteiger charge is 2.12. The minimum atomic E-state index is -0.195. The normalized spacial score (nSPS) is 11.2. The molecule has 0 bridgehead atoms. The molecule has 1 aromatic heterocycles. The Balaban J connectivity index is 2.37. The molecule has 2 amide bonds. The monoisotopic (exact) mass is 227 g/mol. The van der Waals surface area contributed by atoms with Crippen molar-refractivity contribution in [1.29, 1.82) is 0 Å². The number of rotatable bonds is 2.